The smallest absolute Gasteiger partial charge is 0.194 e. The number of hydrogen-bond donors (Lipinski definition) is 1. The van der Waals surface area contributed by atoms with Crippen LogP contribution < -0.4 is 10.2 Å². The number of benzene rings is 1. The van der Waals surface area contributed by atoms with Crippen LogP contribution in [0.5, 0.6) is 0 Å². The van der Waals surface area contributed by atoms with Gasteiger partial charge in [0.25, 0.3) is 0 Å². The monoisotopic (exact) mass is 560 g/mol. The first-order valence-corrected chi connectivity index (χ1v) is 11.9. The van der Waals surface area contributed by atoms with Gasteiger partial charge in [0, 0.05) is 57.6 Å². The van der Waals surface area contributed by atoms with E-state index in [0.29, 0.717) is 6.54 Å². The molecule has 0 bridgehead atoms. The number of nitrogens with one attached hydrogen (secondary N) is 1. The average molecular weight is 561 g/mol. The van der Waals surface area contributed by atoms with E-state index in [0.717, 1.165) is 70.4 Å². The van der Waals surface area contributed by atoms with Gasteiger partial charge in [-0.1, -0.05) is 48.0 Å². The zero-order valence-corrected chi connectivity index (χ0v) is 22.2. The van der Waals surface area contributed by atoms with Crippen LogP contribution in [0.15, 0.2) is 59.2 Å². The van der Waals surface area contributed by atoms with Crippen LogP contribution in [-0.4, -0.2) is 73.6 Å². The number of nitrogens with zero attached hydrogens (tertiary/aromatic N) is 5. The minimum absolute atomic E-state index is 0. The maximum Gasteiger partial charge on any atom is 0.194 e. The highest BCUT2D eigenvalue weighted by atomic mass is 127. The number of halogens is 1. The molecular formula is C26H37IN6. The van der Waals surface area contributed by atoms with Crippen LogP contribution in [0, 0.1) is 0 Å². The Labute approximate surface area is 215 Å². The summed E-state index contributed by atoms with van der Waals surface area (Å²) in [6.07, 6.45) is 6.41. The number of piperidine rings is 1. The molecule has 0 aliphatic carbocycles. The van der Waals surface area contributed by atoms with Gasteiger partial charge < -0.3 is 20.0 Å². The summed E-state index contributed by atoms with van der Waals surface area (Å²) in [6.45, 7) is 9.87. The fraction of sp³-hybridized carbons (Fsp3) is 0.462. The van der Waals surface area contributed by atoms with Gasteiger partial charge in [0.2, 0.25) is 0 Å². The predicted molar refractivity (Wildman–Crippen MR) is 149 cm³/mol. The molecule has 0 spiro atoms. The molecule has 4 rings (SSSR count). The van der Waals surface area contributed by atoms with Crippen molar-refractivity contribution in [2.75, 3.05) is 57.8 Å². The largest absolute Gasteiger partial charge is 0.357 e. The minimum atomic E-state index is 0. The topological polar surface area (TPSA) is 47.0 Å². The third kappa shape index (κ3) is 7.17. The Morgan fingerprint density at radius 2 is 1.73 bits per heavy atom. The molecule has 2 fully saturated rings. The van der Waals surface area contributed by atoms with E-state index < -0.39 is 0 Å². The highest BCUT2D eigenvalue weighted by molar-refractivity contribution is 14.0. The lowest BCUT2D eigenvalue weighted by Crippen LogP contribution is -2.45. The van der Waals surface area contributed by atoms with E-state index in [-0.39, 0.29) is 24.0 Å². The summed E-state index contributed by atoms with van der Waals surface area (Å²) < 4.78 is 0. The first-order chi connectivity index (χ1) is 15.7. The number of anilines is 1. The van der Waals surface area contributed by atoms with Crippen molar-refractivity contribution in [1.82, 2.24) is 20.1 Å². The second kappa shape index (κ2) is 12.9. The van der Waals surface area contributed by atoms with E-state index in [1.54, 1.807) is 0 Å². The summed E-state index contributed by atoms with van der Waals surface area (Å²) in [5.41, 5.74) is 4.02. The lowest BCUT2D eigenvalue weighted by Gasteiger charge is -2.34. The maximum atomic E-state index is 5.02. The van der Waals surface area contributed by atoms with Gasteiger partial charge in [0.1, 0.15) is 5.82 Å². The number of aromatic nitrogens is 1. The molecule has 0 radical (unpaired) electrons. The van der Waals surface area contributed by atoms with E-state index >= 15 is 0 Å². The van der Waals surface area contributed by atoms with Crippen molar-refractivity contribution in [1.29, 1.82) is 0 Å². The Balaban J connectivity index is 0.00000306. The third-order valence-electron chi connectivity index (χ3n) is 6.28. The Morgan fingerprint density at radius 3 is 2.42 bits per heavy atom. The van der Waals surface area contributed by atoms with Crippen molar-refractivity contribution < 1.29 is 0 Å². The Kier molecular flexibility index (Phi) is 9.99. The quantitative estimate of drug-likeness (QED) is 0.339. The molecule has 178 valence electrons. The van der Waals surface area contributed by atoms with Crippen LogP contribution in [0.2, 0.25) is 0 Å². The van der Waals surface area contributed by atoms with Crippen molar-refractivity contribution in [2.24, 2.45) is 4.99 Å². The van der Waals surface area contributed by atoms with E-state index in [4.69, 9.17) is 9.98 Å². The fourth-order valence-corrected chi connectivity index (χ4v) is 4.38. The van der Waals surface area contributed by atoms with Gasteiger partial charge in [-0.2, -0.15) is 0 Å². The van der Waals surface area contributed by atoms with Gasteiger partial charge in [0.05, 0.1) is 6.54 Å². The molecule has 2 aliphatic heterocycles. The first kappa shape index (κ1) is 25.5. The molecule has 7 heteroatoms. The number of guanidine groups is 1. The molecule has 1 aromatic carbocycles. The molecule has 33 heavy (non-hydrogen) atoms. The number of aliphatic imine (C=N–C) groups is 1. The van der Waals surface area contributed by atoms with Gasteiger partial charge in [0.15, 0.2) is 5.96 Å². The van der Waals surface area contributed by atoms with Crippen molar-refractivity contribution in [3.63, 3.8) is 0 Å². The van der Waals surface area contributed by atoms with Crippen LogP contribution in [-0.2, 0) is 6.54 Å². The van der Waals surface area contributed by atoms with Crippen molar-refractivity contribution >= 4 is 41.8 Å². The second-order valence-electron chi connectivity index (χ2n) is 8.65. The van der Waals surface area contributed by atoms with E-state index in [2.05, 4.69) is 76.5 Å². The molecule has 3 heterocycles. The number of likely N-dealkylation sites (tertiary alicyclic amines) is 1. The van der Waals surface area contributed by atoms with Crippen LogP contribution in [0.25, 0.3) is 6.08 Å². The van der Waals surface area contributed by atoms with Crippen LogP contribution in [0.4, 0.5) is 5.82 Å². The van der Waals surface area contributed by atoms with Crippen LogP contribution >= 0.6 is 24.0 Å². The summed E-state index contributed by atoms with van der Waals surface area (Å²) in [5.74, 6) is 2.10. The van der Waals surface area contributed by atoms with Gasteiger partial charge in [-0.05, 0) is 38.4 Å². The minimum Gasteiger partial charge on any atom is -0.357 e. The highest BCUT2D eigenvalue weighted by Crippen LogP contribution is 2.22. The van der Waals surface area contributed by atoms with Gasteiger partial charge >= 0.3 is 0 Å². The second-order valence-corrected chi connectivity index (χ2v) is 8.65. The summed E-state index contributed by atoms with van der Waals surface area (Å²) in [6, 6.07) is 14.8. The maximum absolute atomic E-state index is 5.02. The van der Waals surface area contributed by atoms with Crippen molar-refractivity contribution in [3.05, 3.63) is 65.4 Å². The predicted octanol–water partition coefficient (Wildman–Crippen LogP) is 4.10. The molecule has 0 saturated carbocycles. The number of pyridine rings is 1. The average Bonchev–Trinajstić information content (AvgIpc) is 2.84. The van der Waals surface area contributed by atoms with Crippen LogP contribution in [0.1, 0.15) is 30.9 Å². The van der Waals surface area contributed by atoms with Crippen LogP contribution in [0.3, 0.4) is 0 Å². The summed E-state index contributed by atoms with van der Waals surface area (Å²) in [5, 5.41) is 3.51. The molecule has 2 aliphatic rings. The molecule has 6 nitrogen and oxygen atoms in total. The zero-order valence-electron chi connectivity index (χ0n) is 19.9. The number of hydrogen-bond acceptors (Lipinski definition) is 4. The molecule has 1 N–H and O–H groups in total. The normalized spacial score (nSPS) is 17.5. The van der Waals surface area contributed by atoms with E-state index in [1.807, 2.05) is 12.3 Å². The molecule has 0 atom stereocenters. The Morgan fingerprint density at radius 1 is 1.00 bits per heavy atom. The molecule has 0 amide bonds. The Hall–Kier alpha value is -2.13. The van der Waals surface area contributed by atoms with Gasteiger partial charge in [-0.25, -0.2) is 9.98 Å². The lowest BCUT2D eigenvalue weighted by molar-refractivity contribution is 0.312. The van der Waals surface area contributed by atoms with E-state index in [1.165, 1.54) is 16.7 Å². The Bertz CT molecular complexity index is 911. The highest BCUT2D eigenvalue weighted by Gasteiger charge is 2.20. The third-order valence-corrected chi connectivity index (χ3v) is 6.28. The lowest BCUT2D eigenvalue weighted by atomic mass is 10.0. The molecule has 1 aromatic heterocycles. The summed E-state index contributed by atoms with van der Waals surface area (Å²) >= 11 is 0. The summed E-state index contributed by atoms with van der Waals surface area (Å²) in [7, 11) is 2.18. The molecule has 2 saturated heterocycles. The van der Waals surface area contributed by atoms with Gasteiger partial charge in [-0.15, -0.1) is 24.0 Å². The van der Waals surface area contributed by atoms with E-state index in [9.17, 15) is 0 Å². The summed E-state index contributed by atoms with van der Waals surface area (Å²) in [4.78, 5) is 16.9. The standard InChI is InChI=1S/C26H36N6.HI/c1-3-27-26(32-14-11-23(12-15-32)20-22-8-5-4-6-9-22)29-21-24-10-7-13-28-25(24)31-18-16-30(2)17-19-31;/h4-10,13,20H,3,11-12,14-19,21H2,1-2H3,(H,27,29);1H. The number of likely N-dealkylation sites (N-methyl/N-ethyl adjacent to an activating group) is 1. The SMILES string of the molecule is CCNC(=NCc1cccnc1N1CCN(C)CC1)N1CCC(=Cc2ccccc2)CC1.I. The molecular weight excluding hydrogens is 523 g/mol. The fourth-order valence-electron chi connectivity index (χ4n) is 4.38. The zero-order chi connectivity index (χ0) is 22.2. The number of rotatable bonds is 5. The van der Waals surface area contributed by atoms with Crippen molar-refractivity contribution in [2.45, 2.75) is 26.3 Å². The van der Waals surface area contributed by atoms with Gasteiger partial charge in [-0.3, -0.25) is 0 Å². The number of piperazine rings is 1. The molecule has 2 aromatic rings. The van der Waals surface area contributed by atoms with Crippen molar-refractivity contribution in [3.8, 4) is 0 Å². The first-order valence-electron chi connectivity index (χ1n) is 11.9. The molecule has 0 unspecified atom stereocenters.